The Morgan fingerprint density at radius 3 is 2.74 bits per heavy atom. The molecule has 2 fully saturated rings. The van der Waals surface area contributed by atoms with Crippen LogP contribution in [0.15, 0.2) is 18.3 Å². The van der Waals surface area contributed by atoms with Gasteiger partial charge in [0.15, 0.2) is 5.13 Å². The zero-order chi connectivity index (χ0) is 24.2. The first kappa shape index (κ1) is 23.5. The van der Waals surface area contributed by atoms with Crippen LogP contribution in [0.3, 0.4) is 0 Å². The summed E-state index contributed by atoms with van der Waals surface area (Å²) in [5.41, 5.74) is 1.55. The Morgan fingerprint density at radius 1 is 1.32 bits per heavy atom. The number of carbonyl (C=O) groups is 2. The van der Waals surface area contributed by atoms with Gasteiger partial charge in [-0.1, -0.05) is 20.8 Å². The minimum Gasteiger partial charge on any atom is -0.392 e. The third-order valence-corrected chi connectivity index (χ3v) is 9.75. The van der Waals surface area contributed by atoms with Crippen molar-refractivity contribution in [2.75, 3.05) is 18.4 Å². The molecule has 1 saturated heterocycles. The second kappa shape index (κ2) is 8.79. The van der Waals surface area contributed by atoms with Crippen molar-refractivity contribution in [1.82, 2.24) is 14.5 Å². The fourth-order valence-electron chi connectivity index (χ4n) is 6.87. The molecular weight excluding hydrogens is 448 g/mol. The third kappa shape index (κ3) is 3.88. The first-order valence-corrected chi connectivity index (χ1v) is 13.4. The van der Waals surface area contributed by atoms with Crippen LogP contribution < -0.4 is 5.32 Å². The zero-order valence-corrected chi connectivity index (χ0v) is 21.4. The number of likely N-dealkylation sites (tertiary alicyclic amines) is 1. The molecule has 34 heavy (non-hydrogen) atoms. The summed E-state index contributed by atoms with van der Waals surface area (Å²) in [6.07, 6.45) is 6.19. The van der Waals surface area contributed by atoms with Gasteiger partial charge < -0.3 is 14.6 Å². The number of aryl methyl sites for hydroxylation is 1. The van der Waals surface area contributed by atoms with Gasteiger partial charge in [0.1, 0.15) is 5.69 Å². The molecule has 0 radical (unpaired) electrons. The molecule has 8 heteroatoms. The van der Waals surface area contributed by atoms with Crippen molar-refractivity contribution in [1.29, 1.82) is 0 Å². The lowest BCUT2D eigenvalue weighted by molar-refractivity contribution is -0.143. The average molecular weight is 485 g/mol. The van der Waals surface area contributed by atoms with E-state index in [1.54, 1.807) is 22.0 Å². The molecule has 3 heterocycles. The van der Waals surface area contributed by atoms with Crippen molar-refractivity contribution in [3.63, 3.8) is 0 Å². The molecule has 2 aromatic heterocycles. The highest BCUT2D eigenvalue weighted by Gasteiger charge is 2.54. The van der Waals surface area contributed by atoms with Crippen molar-refractivity contribution in [2.45, 2.75) is 64.9 Å². The molecule has 2 aliphatic carbocycles. The lowest BCUT2D eigenvalue weighted by Crippen LogP contribution is -2.53. The first-order valence-electron chi connectivity index (χ1n) is 12.6. The molecule has 2 N–H and O–H groups in total. The SMILES string of the molecule is C[C@H](C(=O)N1CCCC1)[C@@H]1CC[C@@]2(C)Cc3sc(NC(=O)c4cccn4C)nc3[C@@H](C)[C@@H]2[C@H]1O. The maximum atomic E-state index is 13.1. The minimum absolute atomic E-state index is 0.0228. The summed E-state index contributed by atoms with van der Waals surface area (Å²) in [6.45, 7) is 8.15. The van der Waals surface area contributed by atoms with E-state index >= 15 is 0 Å². The van der Waals surface area contributed by atoms with Crippen molar-refractivity contribution < 1.29 is 14.7 Å². The van der Waals surface area contributed by atoms with Gasteiger partial charge in [0.2, 0.25) is 5.91 Å². The average Bonchev–Trinajstić information content (AvgIpc) is 3.53. The second-order valence-corrected chi connectivity index (χ2v) is 12.0. The van der Waals surface area contributed by atoms with Crippen LogP contribution in [-0.2, 0) is 18.3 Å². The number of amides is 2. The number of hydrogen-bond donors (Lipinski definition) is 2. The molecule has 3 aliphatic rings. The Bertz CT molecular complexity index is 1090. The summed E-state index contributed by atoms with van der Waals surface area (Å²) in [6, 6.07) is 3.64. The number of nitrogens with zero attached hydrogens (tertiary/aromatic N) is 3. The van der Waals surface area contributed by atoms with Crippen molar-refractivity contribution in [2.24, 2.45) is 30.2 Å². The molecule has 5 rings (SSSR count). The second-order valence-electron chi connectivity index (χ2n) is 10.9. The standard InChI is InChI=1S/C26H36N4O3S/c1-15(24(33)30-12-5-6-13-30)17-9-10-26(3)14-19-21(16(2)20(26)22(17)31)27-25(34-19)28-23(32)18-8-7-11-29(18)4/h7-8,11,15-17,20,22,31H,5-6,9-10,12-14H2,1-4H3,(H,27,28,32)/t15-,16-,17-,20+,22-,26-/m0/s1. The Balaban J connectivity index is 1.36. The monoisotopic (exact) mass is 484 g/mol. The van der Waals surface area contributed by atoms with Crippen LogP contribution in [0.1, 0.15) is 73.4 Å². The van der Waals surface area contributed by atoms with Crippen LogP contribution in [0.4, 0.5) is 5.13 Å². The fraction of sp³-hybridized carbons (Fsp3) is 0.654. The van der Waals surface area contributed by atoms with Gasteiger partial charge in [-0.3, -0.25) is 14.9 Å². The predicted molar refractivity (Wildman–Crippen MR) is 133 cm³/mol. The smallest absolute Gasteiger partial charge is 0.274 e. The van der Waals surface area contributed by atoms with Crippen LogP contribution in [0, 0.1) is 23.2 Å². The summed E-state index contributed by atoms with van der Waals surface area (Å²) < 4.78 is 1.79. The number of anilines is 1. The molecule has 1 saturated carbocycles. The van der Waals surface area contributed by atoms with E-state index in [2.05, 4.69) is 19.2 Å². The van der Waals surface area contributed by atoms with E-state index < -0.39 is 6.10 Å². The molecule has 2 amide bonds. The quantitative estimate of drug-likeness (QED) is 0.686. The summed E-state index contributed by atoms with van der Waals surface area (Å²) in [7, 11) is 1.85. The molecule has 0 bridgehead atoms. The number of aliphatic hydroxyl groups is 1. The topological polar surface area (TPSA) is 87.5 Å². The number of fused-ring (bicyclic) bond motifs is 2. The molecule has 0 unspecified atom stereocenters. The number of carbonyl (C=O) groups excluding carboxylic acids is 2. The zero-order valence-electron chi connectivity index (χ0n) is 20.6. The molecule has 1 aliphatic heterocycles. The molecule has 6 atom stereocenters. The highest BCUT2D eigenvalue weighted by atomic mass is 32.1. The van der Waals surface area contributed by atoms with Crippen LogP contribution >= 0.6 is 11.3 Å². The van der Waals surface area contributed by atoms with E-state index in [0.717, 1.165) is 50.9 Å². The summed E-state index contributed by atoms with van der Waals surface area (Å²) in [5.74, 6) is -0.0336. The Kier molecular flexibility index (Phi) is 6.09. The van der Waals surface area contributed by atoms with Gasteiger partial charge in [-0.05, 0) is 61.5 Å². The predicted octanol–water partition coefficient (Wildman–Crippen LogP) is 4.05. The fourth-order valence-corrected chi connectivity index (χ4v) is 8.13. The van der Waals surface area contributed by atoms with Gasteiger partial charge in [0, 0.05) is 43.0 Å². The lowest BCUT2D eigenvalue weighted by atomic mass is 9.53. The Labute approximate surface area is 205 Å². The number of aliphatic hydroxyl groups excluding tert-OH is 1. The summed E-state index contributed by atoms with van der Waals surface area (Å²) >= 11 is 1.56. The van der Waals surface area contributed by atoms with Crippen LogP contribution in [-0.4, -0.2) is 50.6 Å². The maximum Gasteiger partial charge on any atom is 0.274 e. The molecule has 2 aromatic rings. The van der Waals surface area contributed by atoms with Crippen molar-refractivity contribution in [3.8, 4) is 0 Å². The highest BCUT2D eigenvalue weighted by Crippen LogP contribution is 2.57. The maximum absolute atomic E-state index is 13.1. The van der Waals surface area contributed by atoms with Crippen LogP contribution in [0.2, 0.25) is 0 Å². The molecule has 184 valence electrons. The molecular formula is C26H36N4O3S. The summed E-state index contributed by atoms with van der Waals surface area (Å²) in [4.78, 5) is 33.8. The number of aromatic nitrogens is 2. The lowest BCUT2D eigenvalue weighted by Gasteiger charge is -2.53. The van der Waals surface area contributed by atoms with Gasteiger partial charge in [0.05, 0.1) is 11.8 Å². The van der Waals surface area contributed by atoms with E-state index in [1.807, 2.05) is 31.1 Å². The highest BCUT2D eigenvalue weighted by molar-refractivity contribution is 7.15. The van der Waals surface area contributed by atoms with Gasteiger partial charge in [-0.25, -0.2) is 4.98 Å². The number of hydrogen-bond acceptors (Lipinski definition) is 5. The summed E-state index contributed by atoms with van der Waals surface area (Å²) in [5, 5.41) is 15.2. The van der Waals surface area contributed by atoms with Gasteiger partial charge in [0.25, 0.3) is 5.91 Å². The van der Waals surface area contributed by atoms with Gasteiger partial charge >= 0.3 is 0 Å². The Morgan fingerprint density at radius 2 is 2.06 bits per heavy atom. The van der Waals surface area contributed by atoms with Crippen molar-refractivity contribution in [3.05, 3.63) is 34.6 Å². The van der Waals surface area contributed by atoms with Gasteiger partial charge in [-0.15, -0.1) is 11.3 Å². The van der Waals surface area contributed by atoms with E-state index in [-0.39, 0.29) is 40.9 Å². The minimum atomic E-state index is -0.536. The van der Waals surface area contributed by atoms with E-state index in [1.165, 1.54) is 4.88 Å². The number of rotatable bonds is 4. The van der Waals surface area contributed by atoms with Gasteiger partial charge in [-0.2, -0.15) is 0 Å². The molecule has 0 aromatic carbocycles. The largest absolute Gasteiger partial charge is 0.392 e. The molecule has 7 nitrogen and oxygen atoms in total. The normalized spacial score (nSPS) is 31.6. The first-order chi connectivity index (χ1) is 16.2. The van der Waals surface area contributed by atoms with Crippen molar-refractivity contribution >= 4 is 28.3 Å². The van der Waals surface area contributed by atoms with E-state index in [9.17, 15) is 14.7 Å². The third-order valence-electron chi connectivity index (χ3n) is 8.77. The van der Waals surface area contributed by atoms with E-state index in [0.29, 0.717) is 10.8 Å². The number of thiazole rings is 1. The Hall–Kier alpha value is -2.19. The molecule has 0 spiro atoms. The van der Waals surface area contributed by atoms with Crippen LogP contribution in [0.5, 0.6) is 0 Å². The van der Waals surface area contributed by atoms with Crippen LogP contribution in [0.25, 0.3) is 0 Å². The van der Waals surface area contributed by atoms with E-state index in [4.69, 9.17) is 4.98 Å². The number of nitrogens with one attached hydrogen (secondary N) is 1.